The van der Waals surface area contributed by atoms with Crippen molar-refractivity contribution in [2.24, 2.45) is 5.73 Å². The van der Waals surface area contributed by atoms with Gasteiger partial charge in [0.05, 0.1) is 13.2 Å². The van der Waals surface area contributed by atoms with Gasteiger partial charge in [0, 0.05) is 19.4 Å². The van der Waals surface area contributed by atoms with E-state index in [-0.39, 0.29) is 32.6 Å². The van der Waals surface area contributed by atoms with Crippen LogP contribution in [0.5, 0.6) is 0 Å². The van der Waals surface area contributed by atoms with Crippen LogP contribution in [0.25, 0.3) is 0 Å². The van der Waals surface area contributed by atoms with Crippen LogP contribution < -0.4 is 5.73 Å². The van der Waals surface area contributed by atoms with Gasteiger partial charge in [-0.1, -0.05) is 96.6 Å². The van der Waals surface area contributed by atoms with Gasteiger partial charge in [-0.2, -0.15) is 0 Å². The van der Waals surface area contributed by atoms with Gasteiger partial charge in [-0.05, 0) is 38.5 Å². The van der Waals surface area contributed by atoms with Gasteiger partial charge in [-0.25, -0.2) is 4.57 Å². The van der Waals surface area contributed by atoms with Crippen molar-refractivity contribution < 1.29 is 37.6 Å². The van der Waals surface area contributed by atoms with Crippen LogP contribution in [0.15, 0.2) is 12.2 Å². The van der Waals surface area contributed by atoms with Gasteiger partial charge in [-0.3, -0.25) is 18.6 Å². The van der Waals surface area contributed by atoms with E-state index < -0.39 is 32.5 Å². The molecule has 0 saturated heterocycles. The van der Waals surface area contributed by atoms with Crippen molar-refractivity contribution in [3.63, 3.8) is 0 Å². The minimum atomic E-state index is -4.35. The first kappa shape index (κ1) is 38.8. The smallest absolute Gasteiger partial charge is 0.462 e. The van der Waals surface area contributed by atoms with E-state index in [0.717, 1.165) is 57.8 Å². The summed E-state index contributed by atoms with van der Waals surface area (Å²) in [5.41, 5.74) is 5.29. The van der Waals surface area contributed by atoms with Gasteiger partial charge in [0.2, 0.25) is 0 Å². The van der Waals surface area contributed by atoms with Crippen LogP contribution in [-0.4, -0.2) is 49.3 Å². The molecule has 0 amide bonds. The molecule has 0 spiro atoms. The average molecular weight is 592 g/mol. The number of nitrogens with two attached hydrogens (primary N) is 1. The van der Waals surface area contributed by atoms with Gasteiger partial charge < -0.3 is 20.1 Å². The van der Waals surface area contributed by atoms with Crippen LogP contribution in [-0.2, 0) is 32.7 Å². The van der Waals surface area contributed by atoms with Crippen molar-refractivity contribution in [1.29, 1.82) is 0 Å². The topological polar surface area (TPSA) is 134 Å². The lowest BCUT2D eigenvalue weighted by Gasteiger charge is -2.19. The van der Waals surface area contributed by atoms with Crippen LogP contribution in [0.1, 0.15) is 136 Å². The number of phosphoric ester groups is 1. The molecule has 10 heteroatoms. The van der Waals surface area contributed by atoms with Crippen molar-refractivity contribution in [3.05, 3.63) is 12.2 Å². The number of hydrogen-bond donors (Lipinski definition) is 2. The Bertz CT molecular complexity index is 689. The van der Waals surface area contributed by atoms with Crippen molar-refractivity contribution in [1.82, 2.24) is 0 Å². The molecule has 3 N–H and O–H groups in total. The normalized spacial score (nSPS) is 13.8. The van der Waals surface area contributed by atoms with Crippen LogP contribution in [0, 0.1) is 0 Å². The van der Waals surface area contributed by atoms with E-state index in [1.165, 1.54) is 44.9 Å². The Morgan fingerprint density at radius 3 is 1.82 bits per heavy atom. The number of carbonyl (C=O) groups excluding carboxylic acids is 2. The van der Waals surface area contributed by atoms with E-state index in [9.17, 15) is 19.0 Å². The Hall–Kier alpha value is -1.25. The Morgan fingerprint density at radius 1 is 0.725 bits per heavy atom. The number of unbranched alkanes of at least 4 members (excludes halogenated alkanes) is 14. The quantitative estimate of drug-likeness (QED) is 0.0391. The van der Waals surface area contributed by atoms with Crippen molar-refractivity contribution in [3.8, 4) is 0 Å². The minimum absolute atomic E-state index is 0.0539. The molecule has 0 saturated carbocycles. The molecule has 0 aliphatic carbocycles. The molecule has 0 bridgehead atoms. The first-order valence-electron chi connectivity index (χ1n) is 15.7. The summed E-state index contributed by atoms with van der Waals surface area (Å²) in [6.07, 6.45) is 22.6. The molecule has 40 heavy (non-hydrogen) atoms. The minimum Gasteiger partial charge on any atom is -0.462 e. The molecule has 0 aromatic heterocycles. The van der Waals surface area contributed by atoms with E-state index in [0.29, 0.717) is 6.42 Å². The summed E-state index contributed by atoms with van der Waals surface area (Å²) in [4.78, 5) is 34.3. The number of ether oxygens (including phenoxy) is 2. The fraction of sp³-hybridized carbons (Fsp3) is 0.867. The maximum Gasteiger partial charge on any atom is 0.472 e. The summed E-state index contributed by atoms with van der Waals surface area (Å²) >= 11 is 0. The first-order valence-corrected chi connectivity index (χ1v) is 17.2. The molecule has 9 nitrogen and oxygen atoms in total. The van der Waals surface area contributed by atoms with E-state index in [1.807, 2.05) is 0 Å². The highest BCUT2D eigenvalue weighted by atomic mass is 31.2. The fourth-order valence-electron chi connectivity index (χ4n) is 4.04. The molecule has 0 heterocycles. The Balaban J connectivity index is 4.33. The number of hydrogen-bond acceptors (Lipinski definition) is 8. The number of carbonyl (C=O) groups is 2. The second-order valence-electron chi connectivity index (χ2n) is 10.3. The summed E-state index contributed by atoms with van der Waals surface area (Å²) < 4.78 is 32.3. The van der Waals surface area contributed by atoms with Crippen molar-refractivity contribution in [2.75, 3.05) is 26.4 Å². The third-order valence-electron chi connectivity index (χ3n) is 6.40. The lowest BCUT2D eigenvalue weighted by molar-refractivity contribution is -0.161. The largest absolute Gasteiger partial charge is 0.472 e. The molecule has 1 unspecified atom stereocenters. The number of phosphoric acid groups is 1. The molecule has 0 aliphatic rings. The van der Waals surface area contributed by atoms with Crippen LogP contribution in [0.3, 0.4) is 0 Å². The lowest BCUT2D eigenvalue weighted by Crippen LogP contribution is -2.29. The third-order valence-corrected chi connectivity index (χ3v) is 7.39. The van der Waals surface area contributed by atoms with E-state index >= 15 is 0 Å². The molecule has 0 aromatic carbocycles. The van der Waals surface area contributed by atoms with Gasteiger partial charge in [0.25, 0.3) is 0 Å². The highest BCUT2D eigenvalue weighted by Gasteiger charge is 2.25. The SMILES string of the molecule is CCCCC/C=C/CCCCCCCC(=O)O[C@H](COC(=O)CCCCCCCCC)COP(=O)(O)OCCN. The second-order valence-corrected chi connectivity index (χ2v) is 11.8. The molecular weight excluding hydrogens is 533 g/mol. The Kier molecular flexibility index (Phi) is 27.0. The lowest BCUT2D eigenvalue weighted by atomic mass is 10.1. The zero-order chi connectivity index (χ0) is 29.7. The first-order chi connectivity index (χ1) is 19.3. The van der Waals surface area contributed by atoms with Gasteiger partial charge in [0.15, 0.2) is 6.10 Å². The summed E-state index contributed by atoms with van der Waals surface area (Å²) in [6, 6.07) is 0. The third kappa shape index (κ3) is 26.9. The average Bonchev–Trinajstić information content (AvgIpc) is 2.93. The van der Waals surface area contributed by atoms with Gasteiger partial charge in [0.1, 0.15) is 6.61 Å². The number of allylic oxidation sites excluding steroid dienone is 2. The van der Waals surface area contributed by atoms with Gasteiger partial charge in [-0.15, -0.1) is 0 Å². The Morgan fingerprint density at radius 2 is 1.23 bits per heavy atom. The molecule has 0 aromatic rings. The van der Waals surface area contributed by atoms with E-state index in [1.54, 1.807) is 0 Å². The number of esters is 2. The van der Waals surface area contributed by atoms with Crippen LogP contribution >= 0.6 is 7.82 Å². The van der Waals surface area contributed by atoms with Gasteiger partial charge >= 0.3 is 19.8 Å². The molecule has 0 aliphatic heterocycles. The second kappa shape index (κ2) is 27.9. The standard InChI is InChI=1S/C30H58NO8P/c1-3-5-7-9-11-12-13-14-15-17-19-21-23-30(33)39-28(27-38-40(34,35)37-25-24-31)26-36-29(32)22-20-18-16-10-8-6-4-2/h11-12,28H,3-10,13-27,31H2,1-2H3,(H,34,35)/b12-11+/t28-/m1/s1. The molecule has 0 rings (SSSR count). The fourth-order valence-corrected chi connectivity index (χ4v) is 4.80. The molecular formula is C30H58NO8P. The van der Waals surface area contributed by atoms with E-state index in [2.05, 4.69) is 26.0 Å². The zero-order valence-electron chi connectivity index (χ0n) is 25.3. The summed E-state index contributed by atoms with van der Waals surface area (Å²) in [5, 5.41) is 0. The molecule has 2 atom stereocenters. The van der Waals surface area contributed by atoms with E-state index in [4.69, 9.17) is 24.3 Å². The highest BCUT2D eigenvalue weighted by molar-refractivity contribution is 7.47. The molecule has 236 valence electrons. The highest BCUT2D eigenvalue weighted by Crippen LogP contribution is 2.43. The maximum atomic E-state index is 12.4. The molecule has 0 fully saturated rings. The van der Waals surface area contributed by atoms with Crippen molar-refractivity contribution >= 4 is 19.8 Å². The maximum absolute atomic E-state index is 12.4. The summed E-state index contributed by atoms with van der Waals surface area (Å²) in [5.74, 6) is -0.848. The summed E-state index contributed by atoms with van der Waals surface area (Å²) in [7, 11) is -4.35. The van der Waals surface area contributed by atoms with Crippen molar-refractivity contribution in [2.45, 2.75) is 142 Å². The monoisotopic (exact) mass is 591 g/mol. The predicted molar refractivity (Wildman–Crippen MR) is 160 cm³/mol. The molecule has 0 radical (unpaired) electrons. The number of rotatable bonds is 29. The Labute approximate surface area is 243 Å². The van der Waals surface area contributed by atoms with Crippen LogP contribution in [0.2, 0.25) is 0 Å². The summed E-state index contributed by atoms with van der Waals surface area (Å²) in [6.45, 7) is 3.61. The zero-order valence-corrected chi connectivity index (χ0v) is 26.2. The predicted octanol–water partition coefficient (Wildman–Crippen LogP) is 7.54. The van der Waals surface area contributed by atoms with Crippen LogP contribution in [0.4, 0.5) is 0 Å².